The van der Waals surface area contributed by atoms with Crippen molar-refractivity contribution in [1.82, 2.24) is 5.32 Å². The molecule has 0 bridgehead atoms. The van der Waals surface area contributed by atoms with Gasteiger partial charge in [-0.1, -0.05) is 30.3 Å². The van der Waals surface area contributed by atoms with Crippen LogP contribution >= 0.6 is 0 Å². The molecule has 2 aromatic rings. The number of ketones is 1. The molecule has 1 heterocycles. The van der Waals surface area contributed by atoms with Crippen molar-refractivity contribution in [2.75, 3.05) is 0 Å². The van der Waals surface area contributed by atoms with Crippen molar-refractivity contribution in [3.63, 3.8) is 0 Å². The van der Waals surface area contributed by atoms with Gasteiger partial charge in [0.05, 0.1) is 11.6 Å². The molecule has 0 aliphatic heterocycles. The van der Waals surface area contributed by atoms with Gasteiger partial charge in [-0.2, -0.15) is 4.57 Å². The van der Waals surface area contributed by atoms with Crippen LogP contribution in [0.1, 0.15) is 35.8 Å². The van der Waals surface area contributed by atoms with Crippen LogP contribution in [0.2, 0.25) is 0 Å². The van der Waals surface area contributed by atoms with Crippen LogP contribution in [0, 0.1) is 0 Å². The van der Waals surface area contributed by atoms with Crippen LogP contribution in [-0.2, 0) is 11.3 Å². The second kappa shape index (κ2) is 8.29. The van der Waals surface area contributed by atoms with Gasteiger partial charge < -0.3 is 17.7 Å². The molecule has 0 saturated heterocycles. The number of halogens is 1. The predicted octanol–water partition coefficient (Wildman–Crippen LogP) is -0.942. The van der Waals surface area contributed by atoms with Gasteiger partial charge in [-0.15, -0.1) is 0 Å². The zero-order valence-corrected chi connectivity index (χ0v) is 13.4. The number of carbonyl (C=O) groups excluding carboxylic acids is 2. The fourth-order valence-corrected chi connectivity index (χ4v) is 2.11. The molecule has 1 atom stereocenters. The van der Waals surface area contributed by atoms with Gasteiger partial charge in [0, 0.05) is 6.07 Å². The summed E-state index contributed by atoms with van der Waals surface area (Å²) < 4.78 is 1.71. The molecule has 0 aliphatic carbocycles. The van der Waals surface area contributed by atoms with Crippen molar-refractivity contribution in [2.45, 2.75) is 26.4 Å². The average Bonchev–Trinajstić information content (AvgIpc) is 2.48. The Hall–Kier alpha value is -2.20. The van der Waals surface area contributed by atoms with Crippen LogP contribution in [0.15, 0.2) is 54.9 Å². The Labute approximate surface area is 136 Å². The smallest absolute Gasteiger partial charge is 0.286 e. The van der Waals surface area contributed by atoms with E-state index in [-0.39, 0.29) is 36.7 Å². The summed E-state index contributed by atoms with van der Waals surface area (Å²) in [4.78, 5) is 23.4. The molecule has 1 aromatic heterocycles. The molecule has 2 rings (SSSR count). The highest BCUT2D eigenvalue weighted by Gasteiger charge is 2.14. The molecule has 116 valence electrons. The van der Waals surface area contributed by atoms with E-state index in [1.54, 1.807) is 29.1 Å². The first kappa shape index (κ1) is 17.9. The lowest BCUT2D eigenvalue weighted by Gasteiger charge is -2.12. The van der Waals surface area contributed by atoms with Crippen LogP contribution < -0.4 is 22.3 Å². The number of hydrogen-bond acceptors (Lipinski definition) is 2. The van der Waals surface area contributed by atoms with Gasteiger partial charge in [0.25, 0.3) is 5.91 Å². The number of Topliss-reactive ketones (excluding diaryl/α,β-unsaturated/α-hetero) is 1. The van der Waals surface area contributed by atoms with Crippen LogP contribution in [0.25, 0.3) is 0 Å². The standard InChI is InChI=1S/C17H18N2O2.ClH/c1-13(15-7-4-3-5-8-15)18-17(21)12-19-10-6-9-16(11-19)14(2)20;/h3-11,13H,12H2,1-2H3;1H. The molecular formula is C17H19ClN2O2. The van der Waals surface area contributed by atoms with Crippen LogP contribution in [0.5, 0.6) is 0 Å². The molecule has 0 saturated carbocycles. The van der Waals surface area contributed by atoms with E-state index in [0.29, 0.717) is 5.56 Å². The minimum absolute atomic E-state index is 0. The summed E-state index contributed by atoms with van der Waals surface area (Å²) in [6.07, 6.45) is 3.47. The monoisotopic (exact) mass is 318 g/mol. The zero-order chi connectivity index (χ0) is 15.2. The van der Waals surface area contributed by atoms with E-state index in [9.17, 15) is 9.59 Å². The quantitative estimate of drug-likeness (QED) is 0.571. The first-order valence-corrected chi connectivity index (χ1v) is 6.90. The Morgan fingerprint density at radius 2 is 1.82 bits per heavy atom. The molecule has 0 fully saturated rings. The van der Waals surface area contributed by atoms with Gasteiger partial charge in [-0.25, -0.2) is 0 Å². The summed E-state index contributed by atoms with van der Waals surface area (Å²) in [5, 5.41) is 2.95. The molecule has 4 nitrogen and oxygen atoms in total. The topological polar surface area (TPSA) is 50.0 Å². The molecular weight excluding hydrogens is 300 g/mol. The number of amides is 1. The van der Waals surface area contributed by atoms with Gasteiger partial charge >= 0.3 is 0 Å². The van der Waals surface area contributed by atoms with Crippen molar-refractivity contribution in [3.05, 3.63) is 66.0 Å². The lowest BCUT2D eigenvalue weighted by atomic mass is 10.1. The van der Waals surface area contributed by atoms with Crippen LogP contribution in [0.4, 0.5) is 0 Å². The summed E-state index contributed by atoms with van der Waals surface area (Å²) in [6.45, 7) is 3.65. The van der Waals surface area contributed by atoms with Gasteiger partial charge in [0.2, 0.25) is 6.54 Å². The predicted molar refractivity (Wildman–Crippen MR) is 79.6 cm³/mol. The Bertz CT molecular complexity index is 644. The van der Waals surface area contributed by atoms with E-state index in [0.717, 1.165) is 5.56 Å². The lowest BCUT2D eigenvalue weighted by molar-refractivity contribution is -0.684. The maximum Gasteiger partial charge on any atom is 0.286 e. The highest BCUT2D eigenvalue weighted by Crippen LogP contribution is 2.10. The zero-order valence-electron chi connectivity index (χ0n) is 12.6. The Kier molecular flexibility index (Phi) is 6.73. The van der Waals surface area contributed by atoms with Crippen LogP contribution in [0.3, 0.4) is 0 Å². The number of carbonyl (C=O) groups is 2. The molecule has 0 spiro atoms. The number of nitrogens with zero attached hydrogens (tertiary/aromatic N) is 1. The number of rotatable bonds is 5. The van der Waals surface area contributed by atoms with Crippen LogP contribution in [-0.4, -0.2) is 11.7 Å². The third-order valence-electron chi connectivity index (χ3n) is 3.27. The largest absolute Gasteiger partial charge is 1.00 e. The fraction of sp³-hybridized carbons (Fsp3) is 0.235. The molecule has 0 aliphatic rings. The first-order chi connectivity index (χ1) is 10.1. The van der Waals surface area contributed by atoms with Crippen molar-refractivity contribution >= 4 is 11.7 Å². The fourth-order valence-electron chi connectivity index (χ4n) is 2.11. The number of aromatic nitrogens is 1. The second-order valence-corrected chi connectivity index (χ2v) is 5.02. The van der Waals surface area contributed by atoms with Gasteiger partial charge in [0.15, 0.2) is 18.2 Å². The summed E-state index contributed by atoms with van der Waals surface area (Å²) >= 11 is 0. The third kappa shape index (κ3) is 4.97. The number of nitrogens with one attached hydrogen (secondary N) is 1. The third-order valence-corrected chi connectivity index (χ3v) is 3.27. The highest BCUT2D eigenvalue weighted by atomic mass is 35.5. The Balaban J connectivity index is 0.00000242. The van der Waals surface area contributed by atoms with Crippen molar-refractivity contribution < 1.29 is 26.6 Å². The van der Waals surface area contributed by atoms with Gasteiger partial charge in [-0.3, -0.25) is 9.59 Å². The molecule has 5 heteroatoms. The van der Waals surface area contributed by atoms with E-state index in [4.69, 9.17) is 0 Å². The minimum Gasteiger partial charge on any atom is -1.00 e. The maximum atomic E-state index is 12.1. The average molecular weight is 319 g/mol. The molecule has 1 N–H and O–H groups in total. The van der Waals surface area contributed by atoms with Crippen molar-refractivity contribution in [1.29, 1.82) is 0 Å². The number of benzene rings is 1. The SMILES string of the molecule is CC(=O)c1ccc[n+](CC(=O)NC(C)c2ccccc2)c1.[Cl-]. The van der Waals surface area contributed by atoms with Crippen molar-refractivity contribution in [3.8, 4) is 0 Å². The summed E-state index contributed by atoms with van der Waals surface area (Å²) in [5.41, 5.74) is 1.66. The maximum absolute atomic E-state index is 12.1. The van der Waals surface area contributed by atoms with E-state index >= 15 is 0 Å². The van der Waals surface area contributed by atoms with Crippen molar-refractivity contribution in [2.24, 2.45) is 0 Å². The van der Waals surface area contributed by atoms with E-state index in [1.807, 2.05) is 37.3 Å². The molecule has 0 radical (unpaired) electrons. The normalized spacial score (nSPS) is 11.2. The summed E-state index contributed by atoms with van der Waals surface area (Å²) in [5.74, 6) is -0.0977. The Morgan fingerprint density at radius 3 is 2.45 bits per heavy atom. The highest BCUT2D eigenvalue weighted by molar-refractivity contribution is 5.93. The second-order valence-electron chi connectivity index (χ2n) is 5.02. The molecule has 1 amide bonds. The Morgan fingerprint density at radius 1 is 1.14 bits per heavy atom. The summed E-state index contributed by atoms with van der Waals surface area (Å²) in [6, 6.07) is 13.3. The van der Waals surface area contributed by atoms with Gasteiger partial charge in [0.1, 0.15) is 0 Å². The molecule has 1 aromatic carbocycles. The summed E-state index contributed by atoms with van der Waals surface area (Å²) in [7, 11) is 0. The van der Waals surface area contributed by atoms with E-state index in [1.165, 1.54) is 6.92 Å². The number of pyridine rings is 1. The minimum atomic E-state index is -0.0861. The molecule has 22 heavy (non-hydrogen) atoms. The first-order valence-electron chi connectivity index (χ1n) is 6.90. The van der Waals surface area contributed by atoms with E-state index in [2.05, 4.69) is 5.32 Å². The number of hydrogen-bond donors (Lipinski definition) is 1. The molecule has 1 unspecified atom stereocenters. The van der Waals surface area contributed by atoms with Gasteiger partial charge in [-0.05, 0) is 25.5 Å². The van der Waals surface area contributed by atoms with E-state index < -0.39 is 0 Å². The lowest BCUT2D eigenvalue weighted by Crippen LogP contribution is -3.00.